The molecule has 98 valence electrons. The third-order valence-electron chi connectivity index (χ3n) is 2.01. The zero-order chi connectivity index (χ0) is 12.7. The molecule has 0 spiro atoms. The summed E-state index contributed by atoms with van der Waals surface area (Å²) in [6.45, 7) is 8.18. The summed E-state index contributed by atoms with van der Waals surface area (Å²) >= 11 is 1.58. The van der Waals surface area contributed by atoms with E-state index >= 15 is 0 Å². The van der Waals surface area contributed by atoms with Crippen LogP contribution in [0.4, 0.5) is 0 Å². The standard InChI is InChI=1S/C10H21N5OS/c1-10(2,3)11-5-6-15-9(12-13-14-15)17-8-4-7-16/h11,16H,4-8H2,1-3H3. The second kappa shape index (κ2) is 6.93. The van der Waals surface area contributed by atoms with Gasteiger partial charge in [-0.3, -0.25) is 0 Å². The van der Waals surface area contributed by atoms with Crippen molar-refractivity contribution < 1.29 is 5.11 Å². The van der Waals surface area contributed by atoms with Crippen molar-refractivity contribution in [2.75, 3.05) is 18.9 Å². The van der Waals surface area contributed by atoms with E-state index in [0.717, 1.165) is 30.4 Å². The predicted octanol–water partition coefficient (Wildman–Crippen LogP) is 0.536. The van der Waals surface area contributed by atoms with Crippen LogP contribution in [0, 0.1) is 0 Å². The number of aliphatic hydroxyl groups is 1. The maximum absolute atomic E-state index is 8.71. The number of tetrazole rings is 1. The van der Waals surface area contributed by atoms with Gasteiger partial charge in [-0.25, -0.2) is 4.68 Å². The summed E-state index contributed by atoms with van der Waals surface area (Å²) in [6, 6.07) is 0. The molecule has 1 aromatic rings. The van der Waals surface area contributed by atoms with Crippen molar-refractivity contribution in [3.8, 4) is 0 Å². The van der Waals surface area contributed by atoms with Crippen LogP contribution in [-0.4, -0.2) is 49.8 Å². The Balaban J connectivity index is 2.35. The molecule has 0 saturated heterocycles. The number of hydrogen-bond donors (Lipinski definition) is 2. The molecule has 1 heterocycles. The minimum Gasteiger partial charge on any atom is -0.396 e. The summed E-state index contributed by atoms with van der Waals surface area (Å²) in [7, 11) is 0. The fourth-order valence-electron chi connectivity index (χ4n) is 1.20. The highest BCUT2D eigenvalue weighted by Crippen LogP contribution is 2.14. The maximum Gasteiger partial charge on any atom is 0.209 e. The minimum atomic E-state index is 0.109. The molecule has 0 bridgehead atoms. The molecule has 0 aliphatic rings. The summed E-state index contributed by atoms with van der Waals surface area (Å²) in [5.74, 6) is 0.837. The van der Waals surface area contributed by atoms with Gasteiger partial charge in [-0.15, -0.1) is 5.10 Å². The van der Waals surface area contributed by atoms with Crippen molar-refractivity contribution in [3.05, 3.63) is 0 Å². The maximum atomic E-state index is 8.71. The van der Waals surface area contributed by atoms with Crippen LogP contribution in [0.2, 0.25) is 0 Å². The van der Waals surface area contributed by atoms with E-state index in [4.69, 9.17) is 5.11 Å². The number of nitrogens with zero attached hydrogens (tertiary/aromatic N) is 4. The molecule has 0 saturated carbocycles. The SMILES string of the molecule is CC(C)(C)NCCn1nnnc1SCCCO. The number of aliphatic hydroxyl groups excluding tert-OH is 1. The van der Waals surface area contributed by atoms with Crippen molar-refractivity contribution in [1.82, 2.24) is 25.5 Å². The van der Waals surface area contributed by atoms with Crippen LogP contribution >= 0.6 is 11.8 Å². The molecule has 0 aliphatic heterocycles. The lowest BCUT2D eigenvalue weighted by molar-refractivity contribution is 0.296. The lowest BCUT2D eigenvalue weighted by Crippen LogP contribution is -2.38. The highest BCUT2D eigenvalue weighted by molar-refractivity contribution is 7.99. The van der Waals surface area contributed by atoms with Gasteiger partial charge in [0.05, 0.1) is 6.54 Å². The van der Waals surface area contributed by atoms with Gasteiger partial charge in [-0.05, 0) is 37.6 Å². The molecule has 1 rings (SSSR count). The van der Waals surface area contributed by atoms with Gasteiger partial charge in [0, 0.05) is 24.4 Å². The van der Waals surface area contributed by atoms with Crippen LogP contribution in [0.25, 0.3) is 0 Å². The van der Waals surface area contributed by atoms with Crippen molar-refractivity contribution in [3.63, 3.8) is 0 Å². The predicted molar refractivity (Wildman–Crippen MR) is 68.0 cm³/mol. The molecular weight excluding hydrogens is 238 g/mol. The lowest BCUT2D eigenvalue weighted by Gasteiger charge is -2.20. The average Bonchev–Trinajstić information content (AvgIpc) is 2.64. The average molecular weight is 259 g/mol. The van der Waals surface area contributed by atoms with E-state index in [1.807, 2.05) is 0 Å². The summed E-state index contributed by atoms with van der Waals surface area (Å²) in [5.41, 5.74) is 0.109. The highest BCUT2D eigenvalue weighted by Gasteiger charge is 2.10. The lowest BCUT2D eigenvalue weighted by atomic mass is 10.1. The summed E-state index contributed by atoms with van der Waals surface area (Å²) in [4.78, 5) is 0. The number of hydrogen-bond acceptors (Lipinski definition) is 6. The number of thioether (sulfide) groups is 1. The summed E-state index contributed by atoms with van der Waals surface area (Å²) in [6.07, 6.45) is 0.762. The van der Waals surface area contributed by atoms with Crippen molar-refractivity contribution >= 4 is 11.8 Å². The molecule has 2 N–H and O–H groups in total. The fourth-order valence-corrected chi connectivity index (χ4v) is 2.03. The van der Waals surface area contributed by atoms with Crippen LogP contribution in [0.15, 0.2) is 5.16 Å². The number of aromatic nitrogens is 4. The Bertz CT molecular complexity index is 323. The first-order chi connectivity index (χ1) is 8.03. The third kappa shape index (κ3) is 5.99. The number of nitrogens with one attached hydrogen (secondary N) is 1. The van der Waals surface area contributed by atoms with Crippen LogP contribution in [0.3, 0.4) is 0 Å². The van der Waals surface area contributed by atoms with E-state index in [1.54, 1.807) is 16.4 Å². The van der Waals surface area contributed by atoms with E-state index < -0.39 is 0 Å². The minimum absolute atomic E-state index is 0.109. The molecule has 0 fully saturated rings. The summed E-state index contributed by atoms with van der Waals surface area (Å²) in [5, 5.41) is 24.5. The molecule has 0 aromatic carbocycles. The van der Waals surface area contributed by atoms with Gasteiger partial charge in [0.15, 0.2) is 0 Å². The quantitative estimate of drug-likeness (QED) is 0.550. The molecule has 17 heavy (non-hydrogen) atoms. The van der Waals surface area contributed by atoms with Crippen molar-refractivity contribution in [2.24, 2.45) is 0 Å². The highest BCUT2D eigenvalue weighted by atomic mass is 32.2. The molecule has 0 unspecified atom stereocenters. The van der Waals surface area contributed by atoms with Crippen LogP contribution in [0.1, 0.15) is 27.2 Å². The molecular formula is C10H21N5OS. The van der Waals surface area contributed by atoms with Crippen molar-refractivity contribution in [1.29, 1.82) is 0 Å². The third-order valence-corrected chi connectivity index (χ3v) is 3.05. The van der Waals surface area contributed by atoms with Gasteiger partial charge < -0.3 is 10.4 Å². The second-order valence-corrected chi connectivity index (χ2v) is 5.85. The first kappa shape index (κ1) is 14.4. The topological polar surface area (TPSA) is 75.9 Å². The molecule has 1 aromatic heterocycles. The Labute approximate surface area is 106 Å². The first-order valence-corrected chi connectivity index (χ1v) is 6.76. The second-order valence-electron chi connectivity index (χ2n) is 4.79. The van der Waals surface area contributed by atoms with Gasteiger partial charge in [0.1, 0.15) is 0 Å². The Morgan fingerprint density at radius 3 is 2.82 bits per heavy atom. The van der Waals surface area contributed by atoms with E-state index in [9.17, 15) is 0 Å². The Kier molecular flexibility index (Phi) is 5.87. The molecule has 7 heteroatoms. The van der Waals surface area contributed by atoms with Gasteiger partial charge in [-0.2, -0.15) is 0 Å². The van der Waals surface area contributed by atoms with Crippen LogP contribution < -0.4 is 5.32 Å². The normalized spacial score (nSPS) is 12.0. The van der Waals surface area contributed by atoms with E-state index in [-0.39, 0.29) is 12.1 Å². The van der Waals surface area contributed by atoms with Gasteiger partial charge >= 0.3 is 0 Å². The van der Waals surface area contributed by atoms with E-state index in [2.05, 4.69) is 41.6 Å². The smallest absolute Gasteiger partial charge is 0.209 e. The summed E-state index contributed by atoms with van der Waals surface area (Å²) < 4.78 is 1.79. The zero-order valence-corrected chi connectivity index (χ0v) is 11.5. The molecule has 0 atom stereocenters. The monoisotopic (exact) mass is 259 g/mol. The number of rotatable bonds is 7. The Morgan fingerprint density at radius 2 is 2.18 bits per heavy atom. The Hall–Kier alpha value is -0.660. The van der Waals surface area contributed by atoms with Gasteiger partial charge in [-0.1, -0.05) is 11.8 Å². The van der Waals surface area contributed by atoms with E-state index in [0.29, 0.717) is 0 Å². The molecule has 0 amide bonds. The molecule has 6 nitrogen and oxygen atoms in total. The van der Waals surface area contributed by atoms with Crippen molar-refractivity contribution in [2.45, 2.75) is 44.4 Å². The molecule has 0 aliphatic carbocycles. The largest absolute Gasteiger partial charge is 0.396 e. The zero-order valence-electron chi connectivity index (χ0n) is 10.7. The Morgan fingerprint density at radius 1 is 1.41 bits per heavy atom. The van der Waals surface area contributed by atoms with Gasteiger partial charge in [0.25, 0.3) is 0 Å². The van der Waals surface area contributed by atoms with E-state index in [1.165, 1.54) is 0 Å². The first-order valence-electron chi connectivity index (χ1n) is 5.78. The van der Waals surface area contributed by atoms with Crippen LogP contribution in [0.5, 0.6) is 0 Å². The fraction of sp³-hybridized carbons (Fsp3) is 0.900. The van der Waals surface area contributed by atoms with Crippen LogP contribution in [-0.2, 0) is 6.54 Å². The molecule has 0 radical (unpaired) electrons. The van der Waals surface area contributed by atoms with Gasteiger partial charge in [0.2, 0.25) is 5.16 Å².